The van der Waals surface area contributed by atoms with E-state index in [2.05, 4.69) is 0 Å². The van der Waals surface area contributed by atoms with Crippen molar-refractivity contribution in [2.24, 2.45) is 0 Å². The molecule has 0 aliphatic rings. The van der Waals surface area contributed by atoms with Crippen LogP contribution in [0.4, 0.5) is 5.69 Å². The Morgan fingerprint density at radius 3 is 2.32 bits per heavy atom. The van der Waals surface area contributed by atoms with E-state index in [0.29, 0.717) is 34.3 Å². The summed E-state index contributed by atoms with van der Waals surface area (Å²) < 4.78 is 11.1. The SMILES string of the molecule is COc1ccc(Oc2c(C)cc([N+](=O)[O-])cc2C)cc1CCl. The van der Waals surface area contributed by atoms with Crippen molar-refractivity contribution >= 4 is 17.3 Å². The molecule has 116 valence electrons. The molecular weight excluding hydrogens is 306 g/mol. The van der Waals surface area contributed by atoms with E-state index in [1.165, 1.54) is 12.1 Å². The van der Waals surface area contributed by atoms with Crippen LogP contribution >= 0.6 is 11.6 Å². The van der Waals surface area contributed by atoms with Crippen LogP contribution in [-0.2, 0) is 5.88 Å². The smallest absolute Gasteiger partial charge is 0.270 e. The molecule has 0 radical (unpaired) electrons. The number of non-ortho nitro benzene ring substituents is 1. The summed E-state index contributed by atoms with van der Waals surface area (Å²) in [6, 6.07) is 8.34. The summed E-state index contributed by atoms with van der Waals surface area (Å²) in [5, 5.41) is 10.9. The zero-order valence-corrected chi connectivity index (χ0v) is 13.3. The zero-order chi connectivity index (χ0) is 16.3. The number of alkyl halides is 1. The van der Waals surface area contributed by atoms with Gasteiger partial charge < -0.3 is 9.47 Å². The fourth-order valence-corrected chi connectivity index (χ4v) is 2.44. The van der Waals surface area contributed by atoms with Crippen molar-refractivity contribution in [3.63, 3.8) is 0 Å². The number of hydrogen-bond donors (Lipinski definition) is 0. The Labute approximate surface area is 133 Å². The maximum absolute atomic E-state index is 10.9. The van der Waals surface area contributed by atoms with Crippen molar-refractivity contribution in [1.82, 2.24) is 0 Å². The summed E-state index contributed by atoms with van der Waals surface area (Å²) in [6.45, 7) is 3.56. The lowest BCUT2D eigenvalue weighted by Crippen LogP contribution is -1.96. The van der Waals surface area contributed by atoms with Crippen LogP contribution in [-0.4, -0.2) is 12.0 Å². The molecule has 0 aliphatic heterocycles. The number of rotatable bonds is 5. The van der Waals surface area contributed by atoms with Gasteiger partial charge in [0, 0.05) is 17.7 Å². The van der Waals surface area contributed by atoms with Crippen molar-refractivity contribution in [1.29, 1.82) is 0 Å². The van der Waals surface area contributed by atoms with Gasteiger partial charge in [0.15, 0.2) is 0 Å². The number of nitrogens with zero attached hydrogens (tertiary/aromatic N) is 1. The van der Waals surface area contributed by atoms with Gasteiger partial charge >= 0.3 is 0 Å². The Morgan fingerprint density at radius 1 is 1.18 bits per heavy atom. The average Bonchev–Trinajstić information content (AvgIpc) is 2.50. The van der Waals surface area contributed by atoms with E-state index in [4.69, 9.17) is 21.1 Å². The minimum absolute atomic E-state index is 0.0542. The Balaban J connectivity index is 2.37. The molecule has 0 saturated heterocycles. The molecule has 0 spiro atoms. The van der Waals surface area contributed by atoms with Crippen LogP contribution in [0.3, 0.4) is 0 Å². The highest BCUT2D eigenvalue weighted by atomic mass is 35.5. The van der Waals surface area contributed by atoms with E-state index < -0.39 is 4.92 Å². The third-order valence-corrected chi connectivity index (χ3v) is 3.56. The van der Waals surface area contributed by atoms with Crippen LogP contribution in [0.15, 0.2) is 30.3 Å². The van der Waals surface area contributed by atoms with E-state index in [0.717, 1.165) is 5.56 Å². The number of nitro groups is 1. The molecule has 0 aliphatic carbocycles. The molecule has 0 fully saturated rings. The molecule has 0 saturated carbocycles. The molecule has 0 amide bonds. The number of nitro benzene ring substituents is 1. The van der Waals surface area contributed by atoms with Gasteiger partial charge in [0.1, 0.15) is 17.2 Å². The first-order valence-electron chi connectivity index (χ1n) is 6.62. The first-order valence-corrected chi connectivity index (χ1v) is 7.16. The van der Waals surface area contributed by atoms with Crippen LogP contribution in [0.1, 0.15) is 16.7 Å². The van der Waals surface area contributed by atoms with Gasteiger partial charge in [0.25, 0.3) is 5.69 Å². The van der Waals surface area contributed by atoms with Gasteiger partial charge in [-0.05, 0) is 43.2 Å². The summed E-state index contributed by atoms with van der Waals surface area (Å²) in [6.07, 6.45) is 0. The molecule has 2 aromatic carbocycles. The minimum Gasteiger partial charge on any atom is -0.496 e. The molecule has 5 nitrogen and oxygen atoms in total. The monoisotopic (exact) mass is 321 g/mol. The van der Waals surface area contributed by atoms with Gasteiger partial charge in [-0.15, -0.1) is 11.6 Å². The highest BCUT2D eigenvalue weighted by Crippen LogP contribution is 2.34. The maximum atomic E-state index is 10.9. The molecule has 0 bridgehead atoms. The summed E-state index contributed by atoms with van der Waals surface area (Å²) in [5.74, 6) is 2.21. The first kappa shape index (κ1) is 16.1. The standard InChI is InChI=1S/C16H16ClNO4/c1-10-6-13(18(19)20)7-11(2)16(10)22-14-4-5-15(21-3)12(8-14)9-17/h4-8H,9H2,1-3H3. The first-order chi connectivity index (χ1) is 10.5. The Bertz CT molecular complexity index is 692. The molecule has 2 aromatic rings. The number of methoxy groups -OCH3 is 1. The van der Waals surface area contributed by atoms with Crippen LogP contribution in [0.2, 0.25) is 0 Å². The number of halogens is 1. The lowest BCUT2D eigenvalue weighted by atomic mass is 10.1. The summed E-state index contributed by atoms with van der Waals surface area (Å²) >= 11 is 5.89. The molecule has 6 heteroatoms. The fraction of sp³-hybridized carbons (Fsp3) is 0.250. The van der Waals surface area contributed by atoms with Gasteiger partial charge in [-0.1, -0.05) is 0 Å². The quantitative estimate of drug-likeness (QED) is 0.453. The normalized spacial score (nSPS) is 10.4. The van der Waals surface area contributed by atoms with Gasteiger partial charge in [-0.3, -0.25) is 10.1 Å². The highest BCUT2D eigenvalue weighted by Gasteiger charge is 2.14. The third kappa shape index (κ3) is 3.31. The van der Waals surface area contributed by atoms with E-state index >= 15 is 0 Å². The van der Waals surface area contributed by atoms with Crippen molar-refractivity contribution < 1.29 is 14.4 Å². The number of aryl methyl sites for hydroxylation is 2. The number of ether oxygens (including phenoxy) is 2. The van der Waals surface area contributed by atoms with E-state index in [9.17, 15) is 10.1 Å². The topological polar surface area (TPSA) is 61.6 Å². The zero-order valence-electron chi connectivity index (χ0n) is 12.6. The Kier molecular flexibility index (Phi) is 4.88. The van der Waals surface area contributed by atoms with Gasteiger partial charge in [-0.2, -0.15) is 0 Å². The van der Waals surface area contributed by atoms with Gasteiger partial charge in [0.05, 0.1) is 17.9 Å². The second kappa shape index (κ2) is 6.66. The maximum Gasteiger partial charge on any atom is 0.270 e. The lowest BCUT2D eigenvalue weighted by Gasteiger charge is -2.13. The van der Waals surface area contributed by atoms with Crippen LogP contribution < -0.4 is 9.47 Å². The van der Waals surface area contributed by atoms with Crippen molar-refractivity contribution in [2.45, 2.75) is 19.7 Å². The van der Waals surface area contributed by atoms with Gasteiger partial charge in [0.2, 0.25) is 0 Å². The molecule has 0 N–H and O–H groups in total. The number of benzene rings is 2. The van der Waals surface area contributed by atoms with E-state index in [1.807, 2.05) is 0 Å². The van der Waals surface area contributed by atoms with Crippen LogP contribution in [0, 0.1) is 24.0 Å². The second-order valence-electron chi connectivity index (χ2n) is 4.88. The largest absolute Gasteiger partial charge is 0.496 e. The lowest BCUT2D eigenvalue weighted by molar-refractivity contribution is -0.385. The molecule has 0 aromatic heterocycles. The average molecular weight is 322 g/mol. The van der Waals surface area contributed by atoms with Crippen LogP contribution in [0.5, 0.6) is 17.2 Å². The highest BCUT2D eigenvalue weighted by molar-refractivity contribution is 6.17. The summed E-state index contributed by atoms with van der Waals surface area (Å²) in [7, 11) is 1.58. The molecule has 22 heavy (non-hydrogen) atoms. The van der Waals surface area contributed by atoms with E-state index in [1.54, 1.807) is 39.2 Å². The van der Waals surface area contributed by atoms with E-state index in [-0.39, 0.29) is 5.69 Å². The Morgan fingerprint density at radius 2 is 1.82 bits per heavy atom. The second-order valence-corrected chi connectivity index (χ2v) is 5.14. The summed E-state index contributed by atoms with van der Waals surface area (Å²) in [5.41, 5.74) is 2.28. The molecule has 0 heterocycles. The fourth-order valence-electron chi connectivity index (χ4n) is 2.23. The molecule has 0 unspecified atom stereocenters. The van der Waals surface area contributed by atoms with Crippen molar-refractivity contribution in [3.8, 4) is 17.2 Å². The Hall–Kier alpha value is -2.27. The summed E-state index contributed by atoms with van der Waals surface area (Å²) in [4.78, 5) is 10.5. The third-order valence-electron chi connectivity index (χ3n) is 3.27. The molecular formula is C16H16ClNO4. The minimum atomic E-state index is -0.414. The van der Waals surface area contributed by atoms with Crippen LogP contribution in [0.25, 0.3) is 0 Å². The molecule has 2 rings (SSSR count). The van der Waals surface area contributed by atoms with Gasteiger partial charge in [-0.25, -0.2) is 0 Å². The predicted octanol–water partition coefficient (Wildman–Crippen LogP) is 4.75. The predicted molar refractivity (Wildman–Crippen MR) is 85.2 cm³/mol. The molecule has 0 atom stereocenters. The number of hydrogen-bond acceptors (Lipinski definition) is 4. The van der Waals surface area contributed by atoms with Crippen molar-refractivity contribution in [3.05, 3.63) is 57.1 Å². The van der Waals surface area contributed by atoms with Crippen molar-refractivity contribution in [2.75, 3.05) is 7.11 Å².